The van der Waals surface area contributed by atoms with Gasteiger partial charge in [0, 0.05) is 131 Å². The molecular formula is C69H88N4O4+4. The van der Waals surface area contributed by atoms with Crippen LogP contribution in [0.4, 0.5) is 0 Å². The van der Waals surface area contributed by atoms with E-state index < -0.39 is 0 Å². The first-order valence-electron chi connectivity index (χ1n) is 27.7. The van der Waals surface area contributed by atoms with Crippen molar-refractivity contribution in [2.75, 3.05) is 6.61 Å². The lowest BCUT2D eigenvalue weighted by atomic mass is 9.95. The zero-order valence-electron chi connectivity index (χ0n) is 50.1. The molecule has 4 aromatic heterocycles. The summed E-state index contributed by atoms with van der Waals surface area (Å²) < 4.78 is 20.0. The second-order valence-electron chi connectivity index (χ2n) is 21.7. The zero-order valence-corrected chi connectivity index (χ0v) is 50.1. The monoisotopic (exact) mass is 1040 g/mol. The molecule has 0 saturated carbocycles. The van der Waals surface area contributed by atoms with Gasteiger partial charge >= 0.3 is 11.9 Å². The van der Waals surface area contributed by atoms with Crippen molar-refractivity contribution in [3.05, 3.63) is 225 Å². The number of pyridine rings is 4. The van der Waals surface area contributed by atoms with Crippen molar-refractivity contribution in [3.63, 3.8) is 0 Å². The fourth-order valence-electron chi connectivity index (χ4n) is 11.0. The molecule has 8 rings (SSSR count). The number of nitrogens with zero attached hydrogens (tertiary/aromatic N) is 4. The molecule has 6 aromatic rings. The van der Waals surface area contributed by atoms with Gasteiger partial charge in [-0.15, -0.1) is 5.73 Å². The van der Waals surface area contributed by atoms with Gasteiger partial charge in [-0.05, 0) is 120 Å². The highest BCUT2D eigenvalue weighted by Crippen LogP contribution is 2.35. The second kappa shape index (κ2) is 26.4. The smallest absolute Gasteiger partial charge is 0.334 e. The maximum Gasteiger partial charge on any atom is 0.334 e. The predicted molar refractivity (Wildman–Crippen MR) is 309 cm³/mol. The van der Waals surface area contributed by atoms with Crippen molar-refractivity contribution in [3.8, 4) is 0 Å². The van der Waals surface area contributed by atoms with Gasteiger partial charge in [-0.25, -0.2) is 23.3 Å². The summed E-state index contributed by atoms with van der Waals surface area (Å²) in [5.74, 6) is -0.483. The van der Waals surface area contributed by atoms with Crippen molar-refractivity contribution in [1.82, 2.24) is 0 Å². The Kier molecular flexibility index (Phi) is 20.3. The van der Waals surface area contributed by atoms with Crippen LogP contribution in [0.1, 0.15) is 155 Å². The molecule has 0 amide bonds. The van der Waals surface area contributed by atoms with Crippen LogP contribution in [0, 0.1) is 83.1 Å². The molecule has 0 atom stereocenters. The molecule has 2 aromatic carbocycles. The van der Waals surface area contributed by atoms with Crippen LogP contribution < -0.4 is 18.3 Å². The van der Waals surface area contributed by atoms with Crippen molar-refractivity contribution >= 4 is 11.9 Å². The molecule has 2 aliphatic carbocycles. The Morgan fingerprint density at radius 1 is 0.468 bits per heavy atom. The van der Waals surface area contributed by atoms with Gasteiger partial charge in [-0.3, -0.25) is 0 Å². The number of benzene rings is 2. The summed E-state index contributed by atoms with van der Waals surface area (Å²) in [5, 5.41) is 0. The van der Waals surface area contributed by atoms with E-state index in [1.165, 1.54) is 95.6 Å². The molecule has 0 saturated heterocycles. The van der Waals surface area contributed by atoms with E-state index in [2.05, 4.69) is 183 Å². The van der Waals surface area contributed by atoms with E-state index in [4.69, 9.17) is 9.47 Å². The van der Waals surface area contributed by atoms with E-state index >= 15 is 0 Å². The first-order chi connectivity index (χ1) is 36.5. The van der Waals surface area contributed by atoms with Crippen LogP contribution in [-0.4, -0.2) is 18.5 Å². The molecule has 8 heteroatoms. The summed E-state index contributed by atoms with van der Waals surface area (Å²) >= 11 is 0. The number of rotatable bonds is 12. The minimum Gasteiger partial charge on any atom is -0.463 e. The first kappa shape index (κ1) is 59.2. The molecule has 0 N–H and O–H groups in total. The highest BCUT2D eigenvalue weighted by molar-refractivity contribution is 5.91. The van der Waals surface area contributed by atoms with Crippen LogP contribution in [0.5, 0.6) is 0 Å². The standard InChI is InChI=1S/C25H32N2.C24H26O4.C20H30N2/c1-17-13-24(19(3)21(5)26(17)7)15-25-14-18(2)27(22(6)20(25)4)16-23-11-9-8-10-12-23;1-4-27-23(25)21-13-19(10-16(21)2)12-20-11-17(3)22(14-20)24(26)28-15-18-8-6-5-7-9-18;1-9-22-14(3)11-20(16(5)18(22)7)12-19-10-13(2)21(8)17(6)15(19)4/h8-14H,15-16H2,1-7H3;5-9H,4,10-11,13-15H2,1-3H3;10-11H,9,12H2,1-8H3/q+2;;+2. The molecule has 0 bridgehead atoms. The second-order valence-corrected chi connectivity index (χ2v) is 21.7. The predicted octanol–water partition coefficient (Wildman–Crippen LogP) is 12.5. The van der Waals surface area contributed by atoms with Gasteiger partial charge in [0.1, 0.15) is 27.2 Å². The molecule has 0 fully saturated rings. The number of aryl methyl sites for hydroxylation is 4. The number of allylic oxidation sites excluding steroid dienone is 3. The molecule has 0 aliphatic heterocycles. The van der Waals surface area contributed by atoms with Gasteiger partial charge in [-0.2, -0.15) is 4.57 Å². The number of hydrogen-bond acceptors (Lipinski definition) is 4. The van der Waals surface area contributed by atoms with Crippen LogP contribution in [0.2, 0.25) is 0 Å². The molecule has 4 heterocycles. The molecule has 0 unspecified atom stereocenters. The molecule has 8 nitrogen and oxygen atoms in total. The average Bonchev–Trinajstić information content (AvgIpc) is 3.98. The third kappa shape index (κ3) is 14.3. The Morgan fingerprint density at radius 2 is 0.844 bits per heavy atom. The number of carbonyl (C=O) groups is 2. The lowest BCUT2D eigenvalue weighted by Crippen LogP contribution is -2.42. The van der Waals surface area contributed by atoms with E-state index in [9.17, 15) is 9.59 Å². The average molecular weight is 1040 g/mol. The minimum atomic E-state index is -0.254. The quantitative estimate of drug-likeness (QED) is 0.0696. The number of esters is 2. The van der Waals surface area contributed by atoms with Gasteiger partial charge in [0.15, 0.2) is 52.1 Å². The van der Waals surface area contributed by atoms with Gasteiger partial charge in [0.25, 0.3) is 0 Å². The minimum absolute atomic E-state index is 0.229. The molecule has 2 aliphatic rings. The molecule has 0 spiro atoms. The van der Waals surface area contributed by atoms with Crippen LogP contribution in [0.3, 0.4) is 0 Å². The fourth-order valence-corrected chi connectivity index (χ4v) is 11.0. The Morgan fingerprint density at radius 3 is 1.27 bits per heavy atom. The number of carbonyl (C=O) groups excluding carboxylic acids is 2. The lowest BCUT2D eigenvalue weighted by Gasteiger charge is -2.14. The number of hydrogen-bond donors (Lipinski definition) is 0. The highest BCUT2D eigenvalue weighted by Gasteiger charge is 2.27. The highest BCUT2D eigenvalue weighted by atomic mass is 16.5. The third-order valence-corrected chi connectivity index (χ3v) is 16.7. The van der Waals surface area contributed by atoms with E-state index in [1.54, 1.807) is 0 Å². The van der Waals surface area contributed by atoms with Crippen LogP contribution in [0.15, 0.2) is 124 Å². The Labute approximate surface area is 462 Å². The maximum absolute atomic E-state index is 12.5. The van der Waals surface area contributed by atoms with Crippen molar-refractivity contribution in [2.24, 2.45) is 14.1 Å². The van der Waals surface area contributed by atoms with Crippen LogP contribution >= 0.6 is 0 Å². The van der Waals surface area contributed by atoms with E-state index in [0.717, 1.165) is 77.8 Å². The number of ether oxygens (including phenoxy) is 2. The summed E-state index contributed by atoms with van der Waals surface area (Å²) in [4.78, 5) is 24.5. The topological polar surface area (TPSA) is 68.1 Å². The largest absolute Gasteiger partial charge is 0.463 e. The van der Waals surface area contributed by atoms with Gasteiger partial charge < -0.3 is 9.47 Å². The Balaban J connectivity index is 0.000000189. The van der Waals surface area contributed by atoms with E-state index in [1.807, 2.05) is 51.1 Å². The maximum atomic E-state index is 12.5. The lowest BCUT2D eigenvalue weighted by molar-refractivity contribution is -0.705. The van der Waals surface area contributed by atoms with Crippen molar-refractivity contribution in [1.29, 1.82) is 0 Å². The van der Waals surface area contributed by atoms with Crippen molar-refractivity contribution in [2.45, 2.75) is 169 Å². The van der Waals surface area contributed by atoms with Gasteiger partial charge in [0.2, 0.25) is 0 Å². The first-order valence-corrected chi connectivity index (χ1v) is 27.7. The molecule has 404 valence electrons. The summed E-state index contributed by atoms with van der Waals surface area (Å²) in [5.41, 5.74) is 33.7. The molecule has 77 heavy (non-hydrogen) atoms. The van der Waals surface area contributed by atoms with E-state index in [0.29, 0.717) is 19.4 Å². The van der Waals surface area contributed by atoms with Crippen LogP contribution in [-0.2, 0) is 65.7 Å². The van der Waals surface area contributed by atoms with Crippen molar-refractivity contribution < 1.29 is 37.3 Å². The SMILES string of the molecule is CCOC(=O)C1=C(C)CC(=C=C2CC(C)=C(C(=O)OCc3ccccc3)C2)C1.CC[n+]1c(C)cc(Cc2cc(C)[n+](C)c(C)c2C)c(C)c1C.Cc1c(Cc2cc(C)[n+](Cc3ccccc3)c(C)c2C)cc(C)[n+](C)c1C. The molecular weight excluding hydrogens is 949 g/mol. The summed E-state index contributed by atoms with van der Waals surface area (Å²) in [6, 6.07) is 29.8. The van der Waals surface area contributed by atoms with Gasteiger partial charge in [-0.1, -0.05) is 71.8 Å². The van der Waals surface area contributed by atoms with Gasteiger partial charge in [0.05, 0.1) is 6.61 Å². The summed E-state index contributed by atoms with van der Waals surface area (Å²) in [6.07, 6.45) is 4.63. The third-order valence-electron chi connectivity index (χ3n) is 16.7. The summed E-state index contributed by atoms with van der Waals surface area (Å²) in [7, 11) is 4.30. The molecule has 0 radical (unpaired) electrons. The van der Waals surface area contributed by atoms with Crippen LogP contribution in [0.25, 0.3) is 0 Å². The zero-order chi connectivity index (χ0) is 56.4. The summed E-state index contributed by atoms with van der Waals surface area (Å²) in [6.45, 7) is 37.4. The number of aromatic nitrogens is 4. The van der Waals surface area contributed by atoms with E-state index in [-0.39, 0.29) is 18.5 Å². The Hall–Kier alpha value is -7.02. The normalized spacial score (nSPS) is 13.1. The Bertz CT molecular complexity index is 3330. The fraction of sp³-hybridized carbons (Fsp3) is 0.406.